The second-order valence-electron chi connectivity index (χ2n) is 4.23. The van der Waals surface area contributed by atoms with Crippen molar-refractivity contribution >= 4 is 23.4 Å². The molecule has 4 heteroatoms. The molecule has 0 aliphatic carbocycles. The van der Waals surface area contributed by atoms with Crippen LogP contribution >= 0.6 is 11.8 Å². The number of carbonyl (C=O) groups is 1. The van der Waals surface area contributed by atoms with Gasteiger partial charge < -0.3 is 11.1 Å². The van der Waals surface area contributed by atoms with Gasteiger partial charge >= 0.3 is 0 Å². The van der Waals surface area contributed by atoms with Crippen molar-refractivity contribution in [3.63, 3.8) is 0 Å². The molecule has 88 valence electrons. The molecule has 0 atom stereocenters. The Labute approximate surface area is 101 Å². The number of nitrogens with one attached hydrogen (secondary N) is 1. The van der Waals surface area contributed by atoms with Gasteiger partial charge in [0.2, 0.25) is 0 Å². The summed E-state index contributed by atoms with van der Waals surface area (Å²) in [6, 6.07) is 7.09. The van der Waals surface area contributed by atoms with Gasteiger partial charge in [0.05, 0.1) is 5.56 Å². The van der Waals surface area contributed by atoms with Crippen LogP contribution in [0.2, 0.25) is 0 Å². The Morgan fingerprint density at radius 3 is 2.62 bits per heavy atom. The standard InChI is InChI=1S/C12H18N2OS/c1-12(2,16-3)8-14-11(15)9-6-4-5-7-10(9)13/h4-7H,8,13H2,1-3H3,(H,14,15). The Morgan fingerprint density at radius 2 is 2.06 bits per heavy atom. The molecular formula is C12H18N2OS. The summed E-state index contributed by atoms with van der Waals surface area (Å²) < 4.78 is 0.0409. The van der Waals surface area contributed by atoms with E-state index in [0.717, 1.165) is 0 Å². The lowest BCUT2D eigenvalue weighted by Crippen LogP contribution is -2.36. The number of benzene rings is 1. The quantitative estimate of drug-likeness (QED) is 0.790. The summed E-state index contributed by atoms with van der Waals surface area (Å²) in [6.07, 6.45) is 2.03. The molecule has 3 N–H and O–H groups in total. The Kier molecular flexibility index (Phi) is 4.24. The van der Waals surface area contributed by atoms with Crippen LogP contribution in [0, 0.1) is 0 Å². The van der Waals surface area contributed by atoms with Gasteiger partial charge in [0.25, 0.3) is 5.91 Å². The molecule has 0 aliphatic heterocycles. The maximum atomic E-state index is 11.8. The van der Waals surface area contributed by atoms with Crippen molar-refractivity contribution in [1.29, 1.82) is 0 Å². The first-order chi connectivity index (χ1) is 7.46. The van der Waals surface area contributed by atoms with Crippen molar-refractivity contribution in [2.45, 2.75) is 18.6 Å². The highest BCUT2D eigenvalue weighted by Crippen LogP contribution is 2.20. The minimum absolute atomic E-state index is 0.0409. The molecule has 0 aromatic heterocycles. The number of rotatable bonds is 4. The van der Waals surface area contributed by atoms with Crippen molar-refractivity contribution in [1.82, 2.24) is 5.32 Å². The van der Waals surface area contributed by atoms with Gasteiger partial charge in [-0.25, -0.2) is 0 Å². The maximum absolute atomic E-state index is 11.8. The van der Waals surface area contributed by atoms with Crippen molar-refractivity contribution in [2.24, 2.45) is 0 Å². The number of nitrogens with two attached hydrogens (primary N) is 1. The van der Waals surface area contributed by atoms with E-state index in [9.17, 15) is 4.79 Å². The second kappa shape index (κ2) is 5.25. The maximum Gasteiger partial charge on any atom is 0.253 e. The van der Waals surface area contributed by atoms with Gasteiger partial charge in [-0.15, -0.1) is 0 Å². The third-order valence-corrected chi connectivity index (χ3v) is 3.68. The van der Waals surface area contributed by atoms with Gasteiger partial charge in [-0.3, -0.25) is 4.79 Å². The molecule has 3 nitrogen and oxygen atoms in total. The molecule has 0 bridgehead atoms. The summed E-state index contributed by atoms with van der Waals surface area (Å²) in [7, 11) is 0. The molecule has 0 heterocycles. The van der Waals surface area contributed by atoms with E-state index in [4.69, 9.17) is 5.73 Å². The van der Waals surface area contributed by atoms with E-state index in [0.29, 0.717) is 17.8 Å². The van der Waals surface area contributed by atoms with E-state index in [2.05, 4.69) is 19.2 Å². The first-order valence-corrected chi connectivity index (χ1v) is 6.36. The predicted octanol–water partition coefficient (Wildman–Crippen LogP) is 2.14. The molecule has 1 aromatic rings. The summed E-state index contributed by atoms with van der Waals surface area (Å²) in [5.74, 6) is -0.111. The number of thioether (sulfide) groups is 1. The van der Waals surface area contributed by atoms with E-state index >= 15 is 0 Å². The molecule has 16 heavy (non-hydrogen) atoms. The number of para-hydroxylation sites is 1. The zero-order chi connectivity index (χ0) is 12.2. The lowest BCUT2D eigenvalue weighted by atomic mass is 10.1. The highest BCUT2D eigenvalue weighted by atomic mass is 32.2. The van der Waals surface area contributed by atoms with Gasteiger partial charge in [0.15, 0.2) is 0 Å². The van der Waals surface area contributed by atoms with Crippen molar-refractivity contribution in [2.75, 3.05) is 18.5 Å². The SMILES string of the molecule is CSC(C)(C)CNC(=O)c1ccccc1N. The number of anilines is 1. The van der Waals surface area contributed by atoms with E-state index in [1.807, 2.05) is 18.4 Å². The normalized spacial score (nSPS) is 11.2. The summed E-state index contributed by atoms with van der Waals surface area (Å²) in [5.41, 5.74) is 6.78. The van der Waals surface area contributed by atoms with Crippen LogP contribution in [0.3, 0.4) is 0 Å². The molecule has 0 fully saturated rings. The number of amides is 1. The first kappa shape index (κ1) is 12.9. The van der Waals surface area contributed by atoms with Crippen LogP contribution in [0.4, 0.5) is 5.69 Å². The first-order valence-electron chi connectivity index (χ1n) is 5.14. The third-order valence-electron chi connectivity index (χ3n) is 2.43. The van der Waals surface area contributed by atoms with Gasteiger partial charge in [-0.2, -0.15) is 11.8 Å². The molecule has 1 rings (SSSR count). The Morgan fingerprint density at radius 1 is 1.44 bits per heavy atom. The number of nitrogen functional groups attached to an aromatic ring is 1. The lowest BCUT2D eigenvalue weighted by Gasteiger charge is -2.22. The molecule has 0 saturated carbocycles. The van der Waals surface area contributed by atoms with Crippen LogP contribution in [-0.2, 0) is 0 Å². The third kappa shape index (κ3) is 3.45. The average molecular weight is 238 g/mol. The zero-order valence-corrected chi connectivity index (χ0v) is 10.7. The molecule has 1 amide bonds. The van der Waals surface area contributed by atoms with Gasteiger partial charge in [-0.1, -0.05) is 12.1 Å². The van der Waals surface area contributed by atoms with Gasteiger partial charge in [-0.05, 0) is 32.2 Å². The van der Waals surface area contributed by atoms with Gasteiger partial charge in [0, 0.05) is 17.0 Å². The smallest absolute Gasteiger partial charge is 0.253 e. The van der Waals surface area contributed by atoms with Crippen LogP contribution in [0.25, 0.3) is 0 Å². The summed E-state index contributed by atoms with van der Waals surface area (Å²) in [5, 5.41) is 2.89. The second-order valence-corrected chi connectivity index (χ2v) is 5.75. The number of carbonyl (C=O) groups excluding carboxylic acids is 1. The summed E-state index contributed by atoms with van der Waals surface area (Å²) >= 11 is 1.72. The van der Waals surface area contributed by atoms with Crippen LogP contribution in [0.5, 0.6) is 0 Å². The number of hydrogen-bond acceptors (Lipinski definition) is 3. The fraction of sp³-hybridized carbons (Fsp3) is 0.417. The Hall–Kier alpha value is -1.16. The molecule has 0 saturated heterocycles. The van der Waals surface area contributed by atoms with Crippen LogP contribution < -0.4 is 11.1 Å². The fourth-order valence-corrected chi connectivity index (χ4v) is 1.38. The topological polar surface area (TPSA) is 55.1 Å². The molecule has 0 spiro atoms. The van der Waals surface area contributed by atoms with Crippen LogP contribution in [0.1, 0.15) is 24.2 Å². The summed E-state index contributed by atoms with van der Waals surface area (Å²) in [6.45, 7) is 4.81. The molecule has 1 aromatic carbocycles. The Bertz CT molecular complexity index is 377. The molecule has 0 aliphatic rings. The van der Waals surface area contributed by atoms with E-state index < -0.39 is 0 Å². The summed E-state index contributed by atoms with van der Waals surface area (Å²) in [4.78, 5) is 11.8. The van der Waals surface area contributed by atoms with E-state index in [1.165, 1.54) is 0 Å². The van der Waals surface area contributed by atoms with Crippen molar-refractivity contribution < 1.29 is 4.79 Å². The lowest BCUT2D eigenvalue weighted by molar-refractivity contribution is 0.0951. The molecule has 0 radical (unpaired) electrons. The van der Waals surface area contributed by atoms with Crippen LogP contribution in [0.15, 0.2) is 24.3 Å². The zero-order valence-electron chi connectivity index (χ0n) is 9.91. The van der Waals surface area contributed by atoms with Crippen molar-refractivity contribution in [3.05, 3.63) is 29.8 Å². The monoisotopic (exact) mass is 238 g/mol. The highest BCUT2D eigenvalue weighted by molar-refractivity contribution is 7.99. The fourth-order valence-electron chi connectivity index (χ4n) is 1.16. The van der Waals surface area contributed by atoms with E-state index in [-0.39, 0.29) is 10.7 Å². The Balaban J connectivity index is 2.64. The predicted molar refractivity (Wildman–Crippen MR) is 70.8 cm³/mol. The van der Waals surface area contributed by atoms with Crippen molar-refractivity contribution in [3.8, 4) is 0 Å². The molecular weight excluding hydrogens is 220 g/mol. The minimum atomic E-state index is -0.111. The highest BCUT2D eigenvalue weighted by Gasteiger charge is 2.18. The number of hydrogen-bond donors (Lipinski definition) is 2. The largest absolute Gasteiger partial charge is 0.398 e. The van der Waals surface area contributed by atoms with Crippen LogP contribution in [-0.4, -0.2) is 23.5 Å². The minimum Gasteiger partial charge on any atom is -0.398 e. The average Bonchev–Trinajstić information content (AvgIpc) is 2.27. The molecule has 0 unspecified atom stereocenters. The van der Waals surface area contributed by atoms with Gasteiger partial charge in [0.1, 0.15) is 0 Å². The van der Waals surface area contributed by atoms with E-state index in [1.54, 1.807) is 23.9 Å².